The van der Waals surface area contributed by atoms with Crippen LogP contribution in [-0.4, -0.2) is 15.3 Å². The largest absolute Gasteiger partial charge is 0.505 e. The number of phenolic OH excluding ortho intramolecular Hbond substituents is 1. The number of benzene rings is 1. The molecule has 1 aromatic heterocycles. The van der Waals surface area contributed by atoms with Crippen LogP contribution >= 0.6 is 0 Å². The molecule has 4 nitrogen and oxygen atoms in total. The second-order valence-electron chi connectivity index (χ2n) is 3.65. The average molecular weight is 222 g/mol. The Labute approximate surface area is 90.7 Å². The Morgan fingerprint density at radius 1 is 1.38 bits per heavy atom. The van der Waals surface area contributed by atoms with E-state index < -0.39 is 5.82 Å². The molecule has 0 fully saturated rings. The predicted molar refractivity (Wildman–Crippen MR) is 57.0 cm³/mol. The van der Waals surface area contributed by atoms with Crippen molar-refractivity contribution in [1.82, 2.24) is 10.2 Å². The topological polar surface area (TPSA) is 68.9 Å². The molecule has 0 aliphatic carbocycles. The van der Waals surface area contributed by atoms with Crippen molar-refractivity contribution in [2.75, 3.05) is 0 Å². The van der Waals surface area contributed by atoms with Gasteiger partial charge in [0.1, 0.15) is 0 Å². The molecule has 3 N–H and O–H groups in total. The fraction of sp³-hybridized carbons (Fsp3) is 0.182. The van der Waals surface area contributed by atoms with E-state index in [1.54, 1.807) is 13.0 Å². The summed E-state index contributed by atoms with van der Waals surface area (Å²) in [7, 11) is 0. The third-order valence-electron chi connectivity index (χ3n) is 2.48. The Morgan fingerprint density at radius 3 is 2.69 bits per heavy atom. The van der Waals surface area contributed by atoms with Crippen molar-refractivity contribution in [2.45, 2.75) is 13.3 Å². The van der Waals surface area contributed by atoms with Crippen molar-refractivity contribution in [3.05, 3.63) is 51.2 Å². The van der Waals surface area contributed by atoms with Gasteiger partial charge in [0.25, 0.3) is 5.56 Å². The summed E-state index contributed by atoms with van der Waals surface area (Å²) in [5, 5.41) is 14.2. The zero-order valence-corrected chi connectivity index (χ0v) is 8.67. The molecule has 1 aromatic carbocycles. The molecule has 0 aliphatic rings. The van der Waals surface area contributed by atoms with Crippen LogP contribution in [0.4, 0.5) is 4.39 Å². The van der Waals surface area contributed by atoms with E-state index in [-0.39, 0.29) is 11.3 Å². The van der Waals surface area contributed by atoms with Gasteiger partial charge in [0.2, 0.25) is 0 Å². The molecule has 0 spiro atoms. The molecule has 0 amide bonds. The summed E-state index contributed by atoms with van der Waals surface area (Å²) in [6, 6.07) is 4.09. The second-order valence-corrected chi connectivity index (χ2v) is 3.65. The number of aromatic amines is 2. The van der Waals surface area contributed by atoms with Crippen LogP contribution < -0.4 is 5.56 Å². The minimum absolute atomic E-state index is 0.203. The molecule has 5 heteroatoms. The third-order valence-corrected chi connectivity index (χ3v) is 2.48. The van der Waals surface area contributed by atoms with Gasteiger partial charge < -0.3 is 10.2 Å². The van der Waals surface area contributed by atoms with Gasteiger partial charge in [0.15, 0.2) is 11.6 Å². The van der Waals surface area contributed by atoms with Crippen molar-refractivity contribution >= 4 is 0 Å². The highest BCUT2D eigenvalue weighted by molar-refractivity contribution is 5.32. The molecule has 0 bridgehead atoms. The summed E-state index contributed by atoms with van der Waals surface area (Å²) < 4.78 is 13.1. The first-order chi connectivity index (χ1) is 7.58. The number of aryl methyl sites for hydroxylation is 1. The molecule has 0 unspecified atom stereocenters. The number of H-pyrrole nitrogens is 2. The second kappa shape index (κ2) is 3.84. The minimum atomic E-state index is -0.679. The molecule has 0 atom stereocenters. The fourth-order valence-electron chi connectivity index (χ4n) is 1.55. The van der Waals surface area contributed by atoms with Crippen molar-refractivity contribution < 1.29 is 9.50 Å². The molecular formula is C11H11FN2O2. The number of nitrogens with one attached hydrogen (secondary N) is 2. The van der Waals surface area contributed by atoms with E-state index in [0.29, 0.717) is 17.5 Å². The molecule has 2 rings (SSSR count). The maximum absolute atomic E-state index is 13.1. The van der Waals surface area contributed by atoms with Gasteiger partial charge in [-0.15, -0.1) is 0 Å². The summed E-state index contributed by atoms with van der Waals surface area (Å²) in [6.45, 7) is 1.77. The van der Waals surface area contributed by atoms with E-state index in [4.69, 9.17) is 5.11 Å². The molecule has 16 heavy (non-hydrogen) atoms. The van der Waals surface area contributed by atoms with Crippen molar-refractivity contribution in [3.63, 3.8) is 0 Å². The van der Waals surface area contributed by atoms with Crippen molar-refractivity contribution in [3.8, 4) is 5.75 Å². The fourth-order valence-corrected chi connectivity index (χ4v) is 1.55. The number of hydrogen-bond donors (Lipinski definition) is 3. The number of aromatic nitrogens is 2. The minimum Gasteiger partial charge on any atom is -0.505 e. The van der Waals surface area contributed by atoms with E-state index in [1.807, 2.05) is 0 Å². The Bertz CT molecular complexity index is 572. The molecule has 0 saturated heterocycles. The maximum Gasteiger partial charge on any atom is 0.267 e. The zero-order valence-electron chi connectivity index (χ0n) is 8.67. The standard InChI is InChI=1S/C11H11FN2O2/c1-6-8(11(16)14-13-6)4-7-2-3-10(15)9(12)5-7/h2-3,5,15H,4H2,1H3,(H2,13,14,16). The average Bonchev–Trinajstić information content (AvgIpc) is 2.55. The summed E-state index contributed by atoms with van der Waals surface area (Å²) in [5.74, 6) is -1.06. The van der Waals surface area contributed by atoms with Crippen LogP contribution in [-0.2, 0) is 6.42 Å². The van der Waals surface area contributed by atoms with Gasteiger partial charge in [0, 0.05) is 17.7 Å². The maximum atomic E-state index is 13.1. The monoisotopic (exact) mass is 222 g/mol. The molecule has 0 radical (unpaired) electrons. The van der Waals surface area contributed by atoms with E-state index >= 15 is 0 Å². The quantitative estimate of drug-likeness (QED) is 0.719. The van der Waals surface area contributed by atoms with Gasteiger partial charge in [-0.2, -0.15) is 0 Å². The first kappa shape index (κ1) is 10.5. The third kappa shape index (κ3) is 1.84. The van der Waals surface area contributed by atoms with Crippen molar-refractivity contribution in [2.24, 2.45) is 0 Å². The lowest BCUT2D eigenvalue weighted by atomic mass is 10.1. The Morgan fingerprint density at radius 2 is 2.12 bits per heavy atom. The van der Waals surface area contributed by atoms with Gasteiger partial charge in [0.05, 0.1) is 0 Å². The van der Waals surface area contributed by atoms with Gasteiger partial charge in [-0.25, -0.2) is 4.39 Å². The lowest BCUT2D eigenvalue weighted by Crippen LogP contribution is -2.06. The van der Waals surface area contributed by atoms with Crippen LogP contribution in [0.1, 0.15) is 16.8 Å². The van der Waals surface area contributed by atoms with Gasteiger partial charge in [-0.3, -0.25) is 9.89 Å². The number of halogens is 1. The smallest absolute Gasteiger partial charge is 0.267 e. The first-order valence-corrected chi connectivity index (χ1v) is 4.81. The highest BCUT2D eigenvalue weighted by atomic mass is 19.1. The lowest BCUT2D eigenvalue weighted by molar-refractivity contribution is 0.432. The highest BCUT2D eigenvalue weighted by Gasteiger charge is 2.08. The highest BCUT2D eigenvalue weighted by Crippen LogP contribution is 2.18. The molecule has 84 valence electrons. The number of hydrogen-bond acceptors (Lipinski definition) is 2. The lowest BCUT2D eigenvalue weighted by Gasteiger charge is -2.01. The summed E-state index contributed by atoms with van der Waals surface area (Å²) in [4.78, 5) is 11.4. The van der Waals surface area contributed by atoms with Crippen LogP contribution in [0, 0.1) is 12.7 Å². The van der Waals surface area contributed by atoms with E-state index in [0.717, 1.165) is 5.69 Å². The molecule has 0 saturated carbocycles. The summed E-state index contributed by atoms with van der Waals surface area (Å²) >= 11 is 0. The zero-order chi connectivity index (χ0) is 11.7. The van der Waals surface area contributed by atoms with Crippen LogP contribution in [0.3, 0.4) is 0 Å². The SMILES string of the molecule is Cc1[nH][nH]c(=O)c1Cc1ccc(O)c(F)c1. The number of phenols is 1. The van der Waals surface area contributed by atoms with Gasteiger partial charge in [-0.05, 0) is 24.6 Å². The molecule has 1 heterocycles. The molecule has 0 aliphatic heterocycles. The van der Waals surface area contributed by atoms with Crippen molar-refractivity contribution in [1.29, 1.82) is 0 Å². The van der Waals surface area contributed by atoms with Crippen LogP contribution in [0.15, 0.2) is 23.0 Å². The normalized spacial score (nSPS) is 10.6. The number of aromatic hydroxyl groups is 1. The Balaban J connectivity index is 2.34. The van der Waals surface area contributed by atoms with Gasteiger partial charge >= 0.3 is 0 Å². The van der Waals surface area contributed by atoms with E-state index in [2.05, 4.69) is 10.2 Å². The summed E-state index contributed by atoms with van der Waals surface area (Å²) in [5.41, 5.74) is 1.75. The summed E-state index contributed by atoms with van der Waals surface area (Å²) in [6.07, 6.45) is 0.335. The molecule has 2 aromatic rings. The number of rotatable bonds is 2. The molecular weight excluding hydrogens is 211 g/mol. The van der Waals surface area contributed by atoms with Crippen LogP contribution in [0.2, 0.25) is 0 Å². The van der Waals surface area contributed by atoms with Crippen LogP contribution in [0.5, 0.6) is 5.75 Å². The van der Waals surface area contributed by atoms with E-state index in [9.17, 15) is 9.18 Å². The predicted octanol–water partition coefficient (Wildman–Crippen LogP) is 1.45. The Kier molecular flexibility index (Phi) is 2.52. The first-order valence-electron chi connectivity index (χ1n) is 4.81. The Hall–Kier alpha value is -2.04. The van der Waals surface area contributed by atoms with E-state index in [1.165, 1.54) is 12.1 Å². The van der Waals surface area contributed by atoms with Crippen LogP contribution in [0.25, 0.3) is 0 Å². The van der Waals surface area contributed by atoms with Gasteiger partial charge in [-0.1, -0.05) is 6.07 Å².